The van der Waals surface area contributed by atoms with E-state index in [4.69, 9.17) is 4.74 Å². The second-order valence-corrected chi connectivity index (χ2v) is 8.16. The molecule has 0 spiro atoms. The number of nitrogens with one attached hydrogen (secondary N) is 2. The van der Waals surface area contributed by atoms with Crippen LogP contribution in [0.2, 0.25) is 0 Å². The van der Waals surface area contributed by atoms with Gasteiger partial charge in [-0.2, -0.15) is 0 Å². The van der Waals surface area contributed by atoms with Crippen LogP contribution in [0.4, 0.5) is 11.5 Å². The third kappa shape index (κ3) is 4.91. The van der Waals surface area contributed by atoms with Crippen LogP contribution in [0.1, 0.15) is 21.5 Å². The molecular formula is C21H21N3O4S. The molecule has 0 bridgehead atoms. The zero-order chi connectivity index (χ0) is 21.0. The Balaban J connectivity index is 1.90. The first-order valence-electron chi connectivity index (χ1n) is 8.80. The van der Waals surface area contributed by atoms with Gasteiger partial charge in [0, 0.05) is 17.4 Å². The number of hydrogen-bond donors (Lipinski definition) is 2. The van der Waals surface area contributed by atoms with Crippen molar-refractivity contribution in [2.75, 3.05) is 17.1 Å². The molecule has 3 aromatic rings. The van der Waals surface area contributed by atoms with Gasteiger partial charge in [-0.05, 0) is 55.8 Å². The number of ether oxygens (including phenoxy) is 1. The van der Waals surface area contributed by atoms with E-state index in [1.54, 1.807) is 36.5 Å². The van der Waals surface area contributed by atoms with Crippen molar-refractivity contribution in [2.45, 2.75) is 18.7 Å². The second-order valence-electron chi connectivity index (χ2n) is 6.51. The van der Waals surface area contributed by atoms with E-state index < -0.39 is 15.9 Å². The molecule has 0 unspecified atom stereocenters. The predicted molar refractivity (Wildman–Crippen MR) is 112 cm³/mol. The maximum absolute atomic E-state index is 12.9. The summed E-state index contributed by atoms with van der Waals surface area (Å²) in [5, 5.41) is 2.65. The topological polar surface area (TPSA) is 97.4 Å². The van der Waals surface area contributed by atoms with Gasteiger partial charge in [0.2, 0.25) is 0 Å². The van der Waals surface area contributed by atoms with Gasteiger partial charge in [-0.15, -0.1) is 0 Å². The van der Waals surface area contributed by atoms with Crippen LogP contribution < -0.4 is 14.8 Å². The lowest BCUT2D eigenvalue weighted by Crippen LogP contribution is -2.17. The Morgan fingerprint density at radius 3 is 2.28 bits per heavy atom. The monoisotopic (exact) mass is 411 g/mol. The van der Waals surface area contributed by atoms with Crippen LogP contribution in [0.15, 0.2) is 65.7 Å². The number of nitrogens with zero attached hydrogens (tertiary/aromatic N) is 1. The van der Waals surface area contributed by atoms with Crippen molar-refractivity contribution < 1.29 is 17.9 Å². The molecule has 8 heteroatoms. The van der Waals surface area contributed by atoms with E-state index in [-0.39, 0.29) is 16.2 Å². The van der Waals surface area contributed by atoms with Crippen LogP contribution in [0, 0.1) is 13.8 Å². The summed E-state index contributed by atoms with van der Waals surface area (Å²) in [6, 6.07) is 14.6. The van der Waals surface area contributed by atoms with Gasteiger partial charge in [0.1, 0.15) is 16.5 Å². The molecule has 0 aliphatic rings. The van der Waals surface area contributed by atoms with Crippen LogP contribution >= 0.6 is 0 Å². The van der Waals surface area contributed by atoms with Crippen molar-refractivity contribution in [1.29, 1.82) is 0 Å². The minimum Gasteiger partial charge on any atom is -0.495 e. The Hall–Kier alpha value is -3.39. The number of sulfonamides is 1. The number of aryl methyl sites for hydroxylation is 2. The Morgan fingerprint density at radius 2 is 1.66 bits per heavy atom. The smallest absolute Gasteiger partial charge is 0.265 e. The zero-order valence-electron chi connectivity index (χ0n) is 16.3. The van der Waals surface area contributed by atoms with Gasteiger partial charge in [0.05, 0.1) is 7.11 Å². The Kier molecular flexibility index (Phi) is 5.84. The van der Waals surface area contributed by atoms with Gasteiger partial charge in [0.25, 0.3) is 15.9 Å². The molecular weight excluding hydrogens is 390 g/mol. The van der Waals surface area contributed by atoms with Crippen LogP contribution in [0.5, 0.6) is 5.75 Å². The third-order valence-corrected chi connectivity index (χ3v) is 5.57. The molecule has 0 saturated heterocycles. The number of benzene rings is 2. The minimum atomic E-state index is -3.97. The van der Waals surface area contributed by atoms with E-state index in [2.05, 4.69) is 15.0 Å². The molecule has 1 amide bonds. The summed E-state index contributed by atoms with van der Waals surface area (Å²) in [6.45, 7) is 3.80. The number of aromatic nitrogens is 1. The number of methoxy groups -OCH3 is 1. The van der Waals surface area contributed by atoms with Crippen LogP contribution in [0.3, 0.4) is 0 Å². The highest BCUT2D eigenvalue weighted by Crippen LogP contribution is 2.27. The summed E-state index contributed by atoms with van der Waals surface area (Å²) < 4.78 is 33.5. The Morgan fingerprint density at radius 1 is 0.966 bits per heavy atom. The summed E-state index contributed by atoms with van der Waals surface area (Å²) in [5.74, 6) is 0.0315. The lowest BCUT2D eigenvalue weighted by atomic mass is 10.2. The van der Waals surface area contributed by atoms with Crippen molar-refractivity contribution >= 4 is 27.4 Å². The van der Waals surface area contributed by atoms with Gasteiger partial charge >= 0.3 is 0 Å². The molecule has 0 saturated carbocycles. The average molecular weight is 411 g/mol. The molecule has 7 nitrogen and oxygen atoms in total. The molecule has 3 rings (SSSR count). The number of carbonyl (C=O) groups is 1. The first kappa shape index (κ1) is 20.3. The van der Waals surface area contributed by atoms with E-state index in [0.717, 1.165) is 11.1 Å². The largest absolute Gasteiger partial charge is 0.495 e. The molecule has 0 radical (unpaired) electrons. The molecule has 0 fully saturated rings. The van der Waals surface area contributed by atoms with E-state index in [9.17, 15) is 13.2 Å². The summed E-state index contributed by atoms with van der Waals surface area (Å²) in [6.07, 6.45) is 1.63. The fraction of sp³-hybridized carbons (Fsp3) is 0.143. The van der Waals surface area contributed by atoms with E-state index in [1.807, 2.05) is 19.9 Å². The van der Waals surface area contributed by atoms with Gasteiger partial charge in [-0.3, -0.25) is 9.52 Å². The summed E-state index contributed by atoms with van der Waals surface area (Å²) >= 11 is 0. The fourth-order valence-electron chi connectivity index (χ4n) is 2.59. The van der Waals surface area contributed by atoms with Crippen LogP contribution in [-0.4, -0.2) is 26.4 Å². The third-order valence-electron chi connectivity index (χ3n) is 4.17. The van der Waals surface area contributed by atoms with Crippen molar-refractivity contribution in [3.05, 3.63) is 77.5 Å². The highest BCUT2D eigenvalue weighted by Gasteiger charge is 2.22. The quantitative estimate of drug-likeness (QED) is 0.644. The Labute approximate surface area is 169 Å². The van der Waals surface area contributed by atoms with Crippen molar-refractivity contribution in [3.8, 4) is 5.75 Å². The number of pyridine rings is 1. The number of amides is 1. The molecule has 150 valence electrons. The van der Waals surface area contributed by atoms with Crippen LogP contribution in [-0.2, 0) is 10.0 Å². The molecule has 1 heterocycles. The average Bonchev–Trinajstić information content (AvgIpc) is 2.70. The molecule has 29 heavy (non-hydrogen) atoms. The highest BCUT2D eigenvalue weighted by molar-refractivity contribution is 7.92. The van der Waals surface area contributed by atoms with Crippen LogP contribution in [0.25, 0.3) is 0 Å². The molecule has 0 aliphatic carbocycles. The normalized spacial score (nSPS) is 11.0. The lowest BCUT2D eigenvalue weighted by Gasteiger charge is -2.13. The van der Waals surface area contributed by atoms with Crippen molar-refractivity contribution in [1.82, 2.24) is 4.98 Å². The molecule has 2 N–H and O–H groups in total. The lowest BCUT2D eigenvalue weighted by molar-refractivity contribution is 0.102. The van der Waals surface area contributed by atoms with E-state index in [0.29, 0.717) is 11.5 Å². The first-order chi connectivity index (χ1) is 13.8. The van der Waals surface area contributed by atoms with Crippen molar-refractivity contribution in [2.24, 2.45) is 0 Å². The number of rotatable bonds is 6. The summed E-state index contributed by atoms with van der Waals surface area (Å²) in [5.41, 5.74) is 2.55. The minimum absolute atomic E-state index is 0.134. The van der Waals surface area contributed by atoms with Gasteiger partial charge in [-0.25, -0.2) is 13.4 Å². The Bertz CT molecular complexity index is 1130. The molecule has 1 aromatic heterocycles. The maximum atomic E-state index is 12.9. The van der Waals surface area contributed by atoms with Gasteiger partial charge in [-0.1, -0.05) is 23.8 Å². The standard InChI is InChI=1S/C21H21N3O4S/c1-14-4-8-17(9-5-14)24-29(26,27)19-12-16(7-10-18(19)28-3)21(25)23-20-11-6-15(2)13-22-20/h4-13,24H,1-3H3,(H,22,23,25). The van der Waals surface area contributed by atoms with E-state index >= 15 is 0 Å². The molecule has 0 atom stereocenters. The number of anilines is 2. The fourth-order valence-corrected chi connectivity index (χ4v) is 3.84. The van der Waals surface area contributed by atoms with E-state index in [1.165, 1.54) is 25.3 Å². The predicted octanol–water partition coefficient (Wildman–Crippen LogP) is 3.76. The second kappa shape index (κ2) is 8.32. The van der Waals surface area contributed by atoms with Gasteiger partial charge < -0.3 is 10.1 Å². The first-order valence-corrected chi connectivity index (χ1v) is 10.3. The van der Waals surface area contributed by atoms with Crippen molar-refractivity contribution in [3.63, 3.8) is 0 Å². The van der Waals surface area contributed by atoms with Gasteiger partial charge in [0.15, 0.2) is 0 Å². The SMILES string of the molecule is COc1ccc(C(=O)Nc2ccc(C)cn2)cc1S(=O)(=O)Nc1ccc(C)cc1. The number of carbonyl (C=O) groups excluding carboxylic acids is 1. The zero-order valence-corrected chi connectivity index (χ0v) is 17.1. The highest BCUT2D eigenvalue weighted by atomic mass is 32.2. The summed E-state index contributed by atoms with van der Waals surface area (Å²) in [7, 11) is -2.60. The molecule has 2 aromatic carbocycles. The summed E-state index contributed by atoms with van der Waals surface area (Å²) in [4.78, 5) is 16.6. The molecule has 0 aliphatic heterocycles. The maximum Gasteiger partial charge on any atom is 0.265 e. The number of hydrogen-bond acceptors (Lipinski definition) is 5.